The summed E-state index contributed by atoms with van der Waals surface area (Å²) in [5.74, 6) is -0.0351. The number of nitrogens with one attached hydrogen (secondary N) is 1. The zero-order chi connectivity index (χ0) is 21.2. The summed E-state index contributed by atoms with van der Waals surface area (Å²) in [6.45, 7) is 0. The fourth-order valence-electron chi connectivity index (χ4n) is 4.02. The van der Waals surface area contributed by atoms with Crippen molar-refractivity contribution in [3.8, 4) is 10.7 Å². The molecule has 0 aromatic carbocycles. The van der Waals surface area contributed by atoms with Gasteiger partial charge in [-0.3, -0.25) is 4.79 Å². The number of rotatable bonds is 4. The fraction of sp³-hybridized carbons (Fsp3) is 0.316. The van der Waals surface area contributed by atoms with Gasteiger partial charge in [0.1, 0.15) is 16.1 Å². The molecule has 30 heavy (non-hydrogen) atoms. The molecule has 0 saturated heterocycles. The molecule has 3 aromatic rings. The van der Waals surface area contributed by atoms with Gasteiger partial charge in [-0.15, -0.1) is 0 Å². The van der Waals surface area contributed by atoms with E-state index in [0.29, 0.717) is 43.4 Å². The van der Waals surface area contributed by atoms with Crippen LogP contribution in [0.4, 0.5) is 10.8 Å². The molecular weight excluding hydrogens is 445 g/mol. The minimum absolute atomic E-state index is 0.185. The van der Waals surface area contributed by atoms with E-state index in [9.17, 15) is 4.79 Å². The number of allylic oxidation sites excluding steroid dienone is 2. The van der Waals surface area contributed by atoms with Gasteiger partial charge in [0.25, 0.3) is 0 Å². The lowest BCUT2D eigenvalue weighted by molar-refractivity contribution is -0.120. The highest BCUT2D eigenvalue weighted by Crippen LogP contribution is 2.45. The van der Waals surface area contributed by atoms with Gasteiger partial charge < -0.3 is 15.6 Å². The number of amides is 1. The Morgan fingerprint density at radius 1 is 1.37 bits per heavy atom. The minimum Gasteiger partial charge on any atom is -0.369 e. The second-order valence-electron chi connectivity index (χ2n) is 7.56. The molecule has 2 bridgehead atoms. The van der Waals surface area contributed by atoms with E-state index in [4.69, 9.17) is 33.9 Å². The second-order valence-corrected chi connectivity index (χ2v) is 9.30. The SMILES string of the molecule is CN(C)c1nc(Cl)c(-c2nc3ncc(Cl)c(N=C4C5=CCC(C5)C4C(N)=O)c3[nH]2)s1. The number of carbonyl (C=O) groups is 1. The van der Waals surface area contributed by atoms with Crippen LogP contribution in [0.3, 0.4) is 0 Å². The monoisotopic (exact) mass is 461 g/mol. The number of hydrogen-bond donors (Lipinski definition) is 2. The maximum atomic E-state index is 12.0. The molecule has 3 heterocycles. The highest BCUT2D eigenvalue weighted by atomic mass is 35.5. The predicted octanol–water partition coefficient (Wildman–Crippen LogP) is 3.98. The number of nitrogens with two attached hydrogens (primary N) is 1. The van der Waals surface area contributed by atoms with E-state index in [1.807, 2.05) is 19.0 Å². The van der Waals surface area contributed by atoms with Crippen LogP contribution in [0.25, 0.3) is 21.9 Å². The van der Waals surface area contributed by atoms with E-state index in [1.165, 1.54) is 17.5 Å². The van der Waals surface area contributed by atoms with Gasteiger partial charge in [0.05, 0.1) is 22.8 Å². The predicted molar refractivity (Wildman–Crippen MR) is 120 cm³/mol. The van der Waals surface area contributed by atoms with Crippen LogP contribution in [-0.4, -0.2) is 45.7 Å². The molecule has 154 valence electrons. The Bertz CT molecular complexity index is 1260. The molecule has 8 nitrogen and oxygen atoms in total. The number of hydrogen-bond acceptors (Lipinski definition) is 7. The summed E-state index contributed by atoms with van der Waals surface area (Å²) in [5, 5.41) is 1.48. The topological polar surface area (TPSA) is 113 Å². The molecule has 1 saturated carbocycles. The van der Waals surface area contributed by atoms with Crippen molar-refractivity contribution in [3.05, 3.63) is 28.0 Å². The van der Waals surface area contributed by atoms with E-state index in [2.05, 4.69) is 26.0 Å². The number of aromatic nitrogens is 4. The van der Waals surface area contributed by atoms with E-state index in [-0.39, 0.29) is 11.8 Å². The zero-order valence-electron chi connectivity index (χ0n) is 16.1. The van der Waals surface area contributed by atoms with Crippen molar-refractivity contribution >= 4 is 68.1 Å². The molecule has 5 rings (SSSR count). The van der Waals surface area contributed by atoms with E-state index >= 15 is 0 Å². The summed E-state index contributed by atoms with van der Waals surface area (Å²) >= 11 is 14.2. The van der Waals surface area contributed by atoms with Gasteiger partial charge in [0.2, 0.25) is 5.91 Å². The number of pyridine rings is 1. The lowest BCUT2D eigenvalue weighted by Crippen LogP contribution is -2.32. The lowest BCUT2D eigenvalue weighted by Gasteiger charge is -2.17. The van der Waals surface area contributed by atoms with Gasteiger partial charge in [-0.05, 0) is 24.3 Å². The molecule has 11 heteroatoms. The van der Waals surface area contributed by atoms with E-state index < -0.39 is 5.92 Å². The average molecular weight is 462 g/mol. The molecule has 0 aliphatic heterocycles. The summed E-state index contributed by atoms with van der Waals surface area (Å²) in [6, 6.07) is 0. The van der Waals surface area contributed by atoms with Crippen LogP contribution in [-0.2, 0) is 4.79 Å². The van der Waals surface area contributed by atoms with Gasteiger partial charge in [-0.1, -0.05) is 40.6 Å². The second kappa shape index (κ2) is 7.04. The van der Waals surface area contributed by atoms with E-state index in [1.54, 1.807) is 0 Å². The number of anilines is 1. The molecule has 3 N–H and O–H groups in total. The Hall–Kier alpha value is -2.49. The van der Waals surface area contributed by atoms with Gasteiger partial charge in [0, 0.05) is 14.1 Å². The van der Waals surface area contributed by atoms with Gasteiger partial charge >= 0.3 is 0 Å². The van der Waals surface area contributed by atoms with Crippen molar-refractivity contribution in [2.24, 2.45) is 22.6 Å². The van der Waals surface area contributed by atoms with Gasteiger partial charge in [-0.25, -0.2) is 19.9 Å². The number of aliphatic imine (C=N–C) groups is 1. The van der Waals surface area contributed by atoms with Crippen LogP contribution < -0.4 is 10.6 Å². The third-order valence-electron chi connectivity index (χ3n) is 5.40. The normalized spacial score (nSPS) is 21.6. The highest BCUT2D eigenvalue weighted by Gasteiger charge is 2.43. The summed E-state index contributed by atoms with van der Waals surface area (Å²) in [5.41, 5.74) is 8.94. The van der Waals surface area contributed by atoms with E-state index in [0.717, 1.165) is 23.5 Å². The van der Waals surface area contributed by atoms with Crippen molar-refractivity contribution in [1.82, 2.24) is 19.9 Å². The van der Waals surface area contributed by atoms with Crippen LogP contribution in [0, 0.1) is 11.8 Å². The first kappa shape index (κ1) is 19.5. The molecule has 2 unspecified atom stereocenters. The first-order chi connectivity index (χ1) is 14.3. The smallest absolute Gasteiger partial charge is 0.226 e. The number of carbonyl (C=O) groups excluding carboxylic acids is 1. The first-order valence-electron chi connectivity index (χ1n) is 9.29. The molecule has 1 fully saturated rings. The van der Waals surface area contributed by atoms with Crippen molar-refractivity contribution in [2.75, 3.05) is 19.0 Å². The van der Waals surface area contributed by atoms with Gasteiger partial charge in [0.15, 0.2) is 21.8 Å². The Morgan fingerprint density at radius 2 is 2.17 bits per heavy atom. The summed E-state index contributed by atoms with van der Waals surface area (Å²) < 4.78 is 0. The first-order valence-corrected chi connectivity index (χ1v) is 10.9. The quantitative estimate of drug-likeness (QED) is 0.609. The van der Waals surface area contributed by atoms with Crippen molar-refractivity contribution in [2.45, 2.75) is 12.8 Å². The maximum absolute atomic E-state index is 12.0. The third kappa shape index (κ3) is 3.00. The number of nitrogens with zero attached hydrogens (tertiary/aromatic N) is 5. The number of fused-ring (bicyclic) bond motifs is 3. The standard InChI is InChI=1S/C19H17Cl2N7OS/c1-28(2)19-26-15(21)14(30-19)18-25-13-12(9(20)6-23-17(13)27-18)24-11-8-4-3-7(5-8)10(11)16(22)29/h4,6-7,10H,3,5H2,1-2H3,(H2,22,29)(H,23,25,27). The molecule has 0 spiro atoms. The average Bonchev–Trinajstić information content (AvgIpc) is 3.45. The molecule has 2 atom stereocenters. The summed E-state index contributed by atoms with van der Waals surface area (Å²) in [6.07, 6.45) is 5.30. The number of thiazole rings is 1. The number of H-pyrrole nitrogens is 1. The molecule has 3 aromatic heterocycles. The highest BCUT2D eigenvalue weighted by molar-refractivity contribution is 7.19. The Labute approximate surface area is 185 Å². The maximum Gasteiger partial charge on any atom is 0.226 e. The Kier molecular flexibility index (Phi) is 4.57. The third-order valence-corrected chi connectivity index (χ3v) is 7.29. The number of aromatic amines is 1. The van der Waals surface area contributed by atoms with Crippen LogP contribution in [0.2, 0.25) is 10.2 Å². The Morgan fingerprint density at radius 3 is 2.87 bits per heavy atom. The van der Waals surface area contributed by atoms with Crippen molar-refractivity contribution in [3.63, 3.8) is 0 Å². The Balaban J connectivity index is 1.65. The molecule has 1 amide bonds. The number of halogens is 2. The molecule has 2 aliphatic carbocycles. The van der Waals surface area contributed by atoms with Crippen LogP contribution in [0.15, 0.2) is 22.8 Å². The summed E-state index contributed by atoms with van der Waals surface area (Å²) in [4.78, 5) is 35.9. The largest absolute Gasteiger partial charge is 0.369 e. The van der Waals surface area contributed by atoms with Crippen molar-refractivity contribution < 1.29 is 4.79 Å². The fourth-order valence-corrected chi connectivity index (χ4v) is 5.37. The molecule has 2 aliphatic rings. The van der Waals surface area contributed by atoms with Crippen LogP contribution in [0.1, 0.15) is 12.8 Å². The van der Waals surface area contributed by atoms with Crippen LogP contribution >= 0.6 is 34.5 Å². The van der Waals surface area contributed by atoms with Crippen LogP contribution in [0.5, 0.6) is 0 Å². The van der Waals surface area contributed by atoms with Crippen molar-refractivity contribution in [1.29, 1.82) is 0 Å². The molecule has 0 radical (unpaired) electrons. The lowest BCUT2D eigenvalue weighted by atomic mass is 9.90. The number of imidazole rings is 1. The minimum atomic E-state index is -0.398. The van der Waals surface area contributed by atoms with Gasteiger partial charge in [-0.2, -0.15) is 0 Å². The number of primary amides is 1. The zero-order valence-corrected chi connectivity index (χ0v) is 18.4. The molecular formula is C19H17Cl2N7OS. The summed E-state index contributed by atoms with van der Waals surface area (Å²) in [7, 11) is 3.79.